The summed E-state index contributed by atoms with van der Waals surface area (Å²) >= 11 is 0. The van der Waals surface area contributed by atoms with Crippen molar-refractivity contribution in [3.8, 4) is 23.1 Å². The highest BCUT2D eigenvalue weighted by Crippen LogP contribution is 2.60. The van der Waals surface area contributed by atoms with Crippen LogP contribution in [-0.2, 0) is 14.3 Å². The Bertz CT molecular complexity index is 1750. The molecule has 1 aliphatic carbocycles. The van der Waals surface area contributed by atoms with Gasteiger partial charge in [0.15, 0.2) is 23.1 Å². The molecule has 2 aliphatic rings. The highest BCUT2D eigenvalue weighted by Gasteiger charge is 2.65. The Kier molecular flexibility index (Phi) is 8.95. The Morgan fingerprint density at radius 3 is 2.54 bits per heavy atom. The fourth-order valence-corrected chi connectivity index (χ4v) is 5.69. The summed E-state index contributed by atoms with van der Waals surface area (Å²) in [6, 6.07) is 12.7. The van der Waals surface area contributed by atoms with Crippen molar-refractivity contribution < 1.29 is 37.3 Å². The summed E-state index contributed by atoms with van der Waals surface area (Å²) in [5.41, 5.74) is 5.31. The monoisotopic (exact) mass is 633 g/mol. The van der Waals surface area contributed by atoms with Crippen LogP contribution in [0.3, 0.4) is 0 Å². The number of nitrogens with zero attached hydrogens (tertiary/aromatic N) is 3. The van der Waals surface area contributed by atoms with E-state index in [0.717, 1.165) is 39.3 Å². The van der Waals surface area contributed by atoms with E-state index in [1.807, 2.05) is 0 Å². The lowest BCUT2D eigenvalue weighted by Crippen LogP contribution is -2.37. The van der Waals surface area contributed by atoms with E-state index in [4.69, 9.17) is 24.7 Å². The van der Waals surface area contributed by atoms with E-state index in [1.54, 1.807) is 18.2 Å². The van der Waals surface area contributed by atoms with Gasteiger partial charge in [-0.15, -0.1) is 0 Å². The minimum Gasteiger partial charge on any atom is -0.493 e. The van der Waals surface area contributed by atoms with Crippen LogP contribution in [0, 0.1) is 17.0 Å². The molecule has 3 aromatic carbocycles. The molecule has 13 heteroatoms. The third kappa shape index (κ3) is 6.42. The Balaban J connectivity index is 1.17. The van der Waals surface area contributed by atoms with E-state index in [-0.39, 0.29) is 18.1 Å². The zero-order valence-electron chi connectivity index (χ0n) is 25.1. The average molecular weight is 634 g/mol. The van der Waals surface area contributed by atoms with Crippen LogP contribution in [0.25, 0.3) is 10.9 Å². The maximum Gasteiger partial charge on any atom is 0.240 e. The van der Waals surface area contributed by atoms with Crippen LogP contribution in [0.5, 0.6) is 23.1 Å². The van der Waals surface area contributed by atoms with E-state index in [1.165, 1.54) is 49.8 Å². The molecule has 1 saturated carbocycles. The lowest BCUT2D eigenvalue weighted by Gasteiger charge is -2.26. The summed E-state index contributed by atoms with van der Waals surface area (Å²) in [4.78, 5) is 36.4. The number of methoxy groups -OCH3 is 1. The molecule has 3 N–H and O–H groups in total. The average Bonchev–Trinajstić information content (AvgIpc) is 3.83. The highest BCUT2D eigenvalue weighted by molar-refractivity contribution is 6.14. The number of amides is 2. The van der Waals surface area contributed by atoms with Gasteiger partial charge in [0.1, 0.15) is 17.6 Å². The molecule has 0 spiro atoms. The maximum absolute atomic E-state index is 15.4. The lowest BCUT2D eigenvalue weighted by molar-refractivity contribution is -0.132. The molecule has 2 fully saturated rings. The number of fused-ring (bicyclic) bond motifs is 1. The van der Waals surface area contributed by atoms with Gasteiger partial charge in [0.2, 0.25) is 17.7 Å². The Labute approximate surface area is 263 Å². The molecule has 240 valence electrons. The minimum atomic E-state index is -1.57. The number of halogens is 2. The number of anilines is 1. The SMILES string of the molecule is COc1cc2ncnc(Oc3ccc(C4CC4(C(N)=O)C(=O)Nc4ccc(F)cc4)cc3F)c2cc1OCCCN1CCOCC1. The molecule has 1 saturated heterocycles. The van der Waals surface area contributed by atoms with Crippen molar-refractivity contribution in [2.75, 3.05) is 51.9 Å². The normalized spacial score (nSPS) is 19.4. The second kappa shape index (κ2) is 13.2. The van der Waals surface area contributed by atoms with Gasteiger partial charge in [0.25, 0.3) is 0 Å². The molecule has 11 nitrogen and oxygen atoms in total. The minimum absolute atomic E-state index is 0.0998. The number of rotatable bonds is 12. The summed E-state index contributed by atoms with van der Waals surface area (Å²) < 4.78 is 51.6. The zero-order chi connectivity index (χ0) is 32.3. The topological polar surface area (TPSA) is 138 Å². The van der Waals surface area contributed by atoms with Crippen molar-refractivity contribution in [3.05, 3.63) is 78.1 Å². The molecule has 0 bridgehead atoms. The van der Waals surface area contributed by atoms with Gasteiger partial charge in [-0.2, -0.15) is 0 Å². The van der Waals surface area contributed by atoms with Gasteiger partial charge in [-0.05, 0) is 60.9 Å². The van der Waals surface area contributed by atoms with Gasteiger partial charge in [-0.1, -0.05) is 6.07 Å². The number of carbonyl (C=O) groups is 2. The van der Waals surface area contributed by atoms with E-state index in [2.05, 4.69) is 20.2 Å². The standard InChI is InChI=1S/C33H33F2N5O6/c1-43-28-17-26-23(16-29(28)45-12-2-9-40-10-13-44-14-11-40)30(38-19-37-26)46-27-8-3-20(15-25(27)35)24-18-33(24,31(36)41)32(42)39-22-6-4-21(34)5-7-22/h3-8,15-17,19,24H,2,9-14,18H2,1H3,(H2,36,41)(H,39,42). The first kappa shape index (κ1) is 31.1. The third-order valence-corrected chi connectivity index (χ3v) is 8.34. The van der Waals surface area contributed by atoms with Crippen molar-refractivity contribution in [1.82, 2.24) is 14.9 Å². The number of aromatic nitrogens is 2. The predicted octanol–water partition coefficient (Wildman–Crippen LogP) is 4.41. The van der Waals surface area contributed by atoms with Gasteiger partial charge in [0, 0.05) is 37.3 Å². The quantitative estimate of drug-likeness (QED) is 0.172. The summed E-state index contributed by atoms with van der Waals surface area (Å²) in [6.45, 7) is 4.59. The predicted molar refractivity (Wildman–Crippen MR) is 164 cm³/mol. The number of benzene rings is 3. The molecule has 6 rings (SSSR count). The van der Waals surface area contributed by atoms with Crippen LogP contribution in [0.2, 0.25) is 0 Å². The maximum atomic E-state index is 15.4. The Morgan fingerprint density at radius 2 is 1.83 bits per heavy atom. The van der Waals surface area contributed by atoms with E-state index in [0.29, 0.717) is 40.3 Å². The van der Waals surface area contributed by atoms with Crippen LogP contribution >= 0.6 is 0 Å². The number of morpholine rings is 1. The molecule has 1 aromatic heterocycles. The fourth-order valence-electron chi connectivity index (χ4n) is 5.69. The summed E-state index contributed by atoms with van der Waals surface area (Å²) in [6.07, 6.45) is 2.21. The van der Waals surface area contributed by atoms with E-state index < -0.39 is 34.8 Å². The van der Waals surface area contributed by atoms with Gasteiger partial charge in [-0.3, -0.25) is 14.5 Å². The molecule has 4 aromatic rings. The lowest BCUT2D eigenvalue weighted by atomic mass is 9.97. The summed E-state index contributed by atoms with van der Waals surface area (Å²) in [5.74, 6) is -2.36. The molecule has 2 unspecified atom stereocenters. The van der Waals surface area contributed by atoms with Gasteiger partial charge < -0.3 is 30.0 Å². The van der Waals surface area contributed by atoms with Crippen LogP contribution in [0.4, 0.5) is 14.5 Å². The molecular formula is C33H33F2N5O6. The number of hydrogen-bond donors (Lipinski definition) is 2. The van der Waals surface area contributed by atoms with Crippen LogP contribution in [-0.4, -0.2) is 73.2 Å². The second-order valence-electron chi connectivity index (χ2n) is 11.2. The van der Waals surface area contributed by atoms with Crippen molar-refractivity contribution in [3.63, 3.8) is 0 Å². The largest absolute Gasteiger partial charge is 0.493 e. The number of nitrogens with one attached hydrogen (secondary N) is 1. The third-order valence-electron chi connectivity index (χ3n) is 8.34. The van der Waals surface area contributed by atoms with E-state index >= 15 is 4.39 Å². The van der Waals surface area contributed by atoms with Crippen molar-refractivity contribution in [2.24, 2.45) is 11.1 Å². The smallest absolute Gasteiger partial charge is 0.240 e. The van der Waals surface area contributed by atoms with Gasteiger partial charge in [-0.25, -0.2) is 18.7 Å². The van der Waals surface area contributed by atoms with Crippen molar-refractivity contribution >= 4 is 28.4 Å². The van der Waals surface area contributed by atoms with Crippen molar-refractivity contribution in [1.29, 1.82) is 0 Å². The number of hydrogen-bond acceptors (Lipinski definition) is 9. The Hall–Kier alpha value is -4.88. The molecular weight excluding hydrogens is 600 g/mol. The molecule has 0 radical (unpaired) electrons. The van der Waals surface area contributed by atoms with E-state index in [9.17, 15) is 14.0 Å². The highest BCUT2D eigenvalue weighted by atomic mass is 19.1. The number of carbonyl (C=O) groups excluding carboxylic acids is 2. The van der Waals surface area contributed by atoms with Gasteiger partial charge >= 0.3 is 0 Å². The number of nitrogens with two attached hydrogens (primary N) is 1. The van der Waals surface area contributed by atoms with Crippen molar-refractivity contribution in [2.45, 2.75) is 18.8 Å². The summed E-state index contributed by atoms with van der Waals surface area (Å²) in [5, 5.41) is 3.10. The number of ether oxygens (including phenoxy) is 4. The molecule has 2 atom stereocenters. The fraction of sp³-hybridized carbons (Fsp3) is 0.333. The molecule has 2 amide bonds. The molecule has 2 heterocycles. The zero-order valence-corrected chi connectivity index (χ0v) is 25.1. The molecule has 1 aliphatic heterocycles. The molecule has 46 heavy (non-hydrogen) atoms. The first-order valence-corrected chi connectivity index (χ1v) is 14.9. The van der Waals surface area contributed by atoms with Gasteiger partial charge in [0.05, 0.1) is 37.8 Å². The van der Waals surface area contributed by atoms with Crippen LogP contribution in [0.15, 0.2) is 60.9 Å². The van der Waals surface area contributed by atoms with Crippen LogP contribution < -0.4 is 25.3 Å². The first-order valence-electron chi connectivity index (χ1n) is 14.9. The first-order chi connectivity index (χ1) is 22.3. The summed E-state index contributed by atoms with van der Waals surface area (Å²) in [7, 11) is 1.54. The van der Waals surface area contributed by atoms with Crippen LogP contribution in [0.1, 0.15) is 24.3 Å². The Morgan fingerprint density at radius 1 is 1.04 bits per heavy atom. The second-order valence-corrected chi connectivity index (χ2v) is 11.2. The number of primary amides is 1.